The SMILES string of the molecule is COc1ccc2c(c1)[C@@H](C(=O)O)[C@H](c1ccc(Cl)cc1)N(C1CCC(O)CC1)C2=O. The first-order valence-corrected chi connectivity index (χ1v) is 10.5. The van der Waals surface area contributed by atoms with E-state index in [0.717, 1.165) is 5.56 Å². The average molecular weight is 430 g/mol. The summed E-state index contributed by atoms with van der Waals surface area (Å²) in [4.78, 5) is 27.9. The van der Waals surface area contributed by atoms with Crippen LogP contribution in [0.25, 0.3) is 0 Å². The van der Waals surface area contributed by atoms with Crippen molar-refractivity contribution in [3.05, 3.63) is 64.2 Å². The summed E-state index contributed by atoms with van der Waals surface area (Å²) < 4.78 is 5.29. The van der Waals surface area contributed by atoms with E-state index >= 15 is 0 Å². The van der Waals surface area contributed by atoms with Crippen LogP contribution in [0.4, 0.5) is 0 Å². The molecule has 1 heterocycles. The minimum Gasteiger partial charge on any atom is -0.497 e. The number of aliphatic carboxylic acids is 1. The zero-order valence-corrected chi connectivity index (χ0v) is 17.4. The van der Waals surface area contributed by atoms with E-state index in [2.05, 4.69) is 0 Å². The summed E-state index contributed by atoms with van der Waals surface area (Å²) in [5.41, 5.74) is 1.57. The Labute approximate surface area is 180 Å². The molecule has 30 heavy (non-hydrogen) atoms. The molecular weight excluding hydrogens is 406 g/mol. The van der Waals surface area contributed by atoms with Gasteiger partial charge in [0.05, 0.1) is 19.3 Å². The summed E-state index contributed by atoms with van der Waals surface area (Å²) in [7, 11) is 1.51. The maximum Gasteiger partial charge on any atom is 0.313 e. The number of carbonyl (C=O) groups is 2. The Balaban J connectivity index is 1.88. The molecule has 1 aliphatic carbocycles. The standard InChI is InChI=1S/C23H24ClNO5/c1-30-17-10-11-18-19(12-17)20(23(28)29)21(13-2-4-14(24)5-3-13)25(22(18)27)15-6-8-16(26)9-7-15/h2-5,10-12,15-16,20-21,26H,6-9H2,1H3,(H,28,29)/t15?,16?,20-,21+/m1/s1. The zero-order chi connectivity index (χ0) is 21.4. The molecule has 2 aromatic carbocycles. The number of carboxylic acid groups (broad SMARTS) is 1. The second-order valence-corrected chi connectivity index (χ2v) is 8.38. The van der Waals surface area contributed by atoms with E-state index in [1.54, 1.807) is 47.4 Å². The van der Waals surface area contributed by atoms with Crippen LogP contribution in [0, 0.1) is 0 Å². The lowest BCUT2D eigenvalue weighted by Crippen LogP contribution is -2.51. The lowest BCUT2D eigenvalue weighted by molar-refractivity contribution is -0.141. The number of carbonyl (C=O) groups excluding carboxylic acids is 1. The van der Waals surface area contributed by atoms with Crippen molar-refractivity contribution < 1.29 is 24.5 Å². The molecule has 0 unspecified atom stereocenters. The van der Waals surface area contributed by atoms with Gasteiger partial charge in [-0.2, -0.15) is 0 Å². The normalized spacial score (nSPS) is 26.2. The number of hydrogen-bond acceptors (Lipinski definition) is 4. The van der Waals surface area contributed by atoms with Crippen molar-refractivity contribution in [3.63, 3.8) is 0 Å². The van der Waals surface area contributed by atoms with Crippen LogP contribution in [-0.2, 0) is 4.79 Å². The molecule has 158 valence electrons. The highest BCUT2D eigenvalue weighted by molar-refractivity contribution is 6.30. The quantitative estimate of drug-likeness (QED) is 0.766. The number of rotatable bonds is 4. The van der Waals surface area contributed by atoms with Crippen molar-refractivity contribution >= 4 is 23.5 Å². The van der Waals surface area contributed by atoms with Crippen LogP contribution in [0.3, 0.4) is 0 Å². The predicted molar refractivity (Wildman–Crippen MR) is 112 cm³/mol. The molecule has 1 amide bonds. The third-order valence-corrected chi connectivity index (χ3v) is 6.46. The van der Waals surface area contributed by atoms with Gasteiger partial charge in [-0.25, -0.2) is 0 Å². The smallest absolute Gasteiger partial charge is 0.313 e. The molecule has 0 radical (unpaired) electrons. The molecule has 1 aliphatic heterocycles. The molecule has 2 aromatic rings. The van der Waals surface area contributed by atoms with Gasteiger partial charge in [-0.1, -0.05) is 23.7 Å². The second-order valence-electron chi connectivity index (χ2n) is 7.94. The monoisotopic (exact) mass is 429 g/mol. The number of methoxy groups -OCH3 is 1. The molecule has 7 heteroatoms. The number of benzene rings is 2. The van der Waals surface area contributed by atoms with E-state index in [0.29, 0.717) is 47.6 Å². The first-order chi connectivity index (χ1) is 14.4. The van der Waals surface area contributed by atoms with Gasteiger partial charge in [0.25, 0.3) is 5.91 Å². The van der Waals surface area contributed by atoms with Gasteiger partial charge < -0.3 is 19.8 Å². The Morgan fingerprint density at radius 3 is 2.37 bits per heavy atom. The van der Waals surface area contributed by atoms with E-state index in [-0.39, 0.29) is 18.1 Å². The number of fused-ring (bicyclic) bond motifs is 1. The summed E-state index contributed by atoms with van der Waals surface area (Å²) >= 11 is 6.06. The van der Waals surface area contributed by atoms with Gasteiger partial charge in [0.2, 0.25) is 0 Å². The average Bonchev–Trinajstić information content (AvgIpc) is 2.74. The lowest BCUT2D eigenvalue weighted by Gasteiger charge is -2.46. The Bertz CT molecular complexity index is 953. The van der Waals surface area contributed by atoms with Gasteiger partial charge in [-0.3, -0.25) is 9.59 Å². The van der Waals surface area contributed by atoms with Crippen molar-refractivity contribution in [2.24, 2.45) is 0 Å². The first-order valence-electron chi connectivity index (χ1n) is 10.1. The van der Waals surface area contributed by atoms with Crippen LogP contribution in [0.1, 0.15) is 59.1 Å². The van der Waals surface area contributed by atoms with Crippen molar-refractivity contribution in [1.82, 2.24) is 4.90 Å². The van der Waals surface area contributed by atoms with Crippen LogP contribution in [0.5, 0.6) is 5.75 Å². The van der Waals surface area contributed by atoms with Gasteiger partial charge in [0.1, 0.15) is 11.7 Å². The predicted octanol–water partition coefficient (Wildman–Crippen LogP) is 4.02. The fraction of sp³-hybridized carbons (Fsp3) is 0.391. The summed E-state index contributed by atoms with van der Waals surface area (Å²) in [5.74, 6) is -1.62. The molecule has 0 saturated heterocycles. The largest absolute Gasteiger partial charge is 0.497 e. The van der Waals surface area contributed by atoms with E-state index in [9.17, 15) is 19.8 Å². The Hall–Kier alpha value is -2.57. The molecule has 0 bridgehead atoms. The highest BCUT2D eigenvalue weighted by atomic mass is 35.5. The van der Waals surface area contributed by atoms with Crippen LogP contribution in [-0.4, -0.2) is 46.2 Å². The number of aliphatic hydroxyl groups excluding tert-OH is 1. The number of ether oxygens (including phenoxy) is 1. The Kier molecular flexibility index (Phi) is 5.71. The van der Waals surface area contributed by atoms with Crippen molar-refractivity contribution in [3.8, 4) is 5.75 Å². The molecule has 0 aromatic heterocycles. The number of carboxylic acids is 1. The number of hydrogen-bond donors (Lipinski definition) is 2. The third kappa shape index (κ3) is 3.66. The topological polar surface area (TPSA) is 87.1 Å². The lowest BCUT2D eigenvalue weighted by atomic mass is 9.77. The first kappa shape index (κ1) is 20.7. The van der Waals surface area contributed by atoms with Gasteiger partial charge in [0, 0.05) is 16.6 Å². The molecule has 6 nitrogen and oxygen atoms in total. The fourth-order valence-corrected chi connectivity index (χ4v) is 4.85. The molecule has 0 spiro atoms. The zero-order valence-electron chi connectivity index (χ0n) is 16.6. The summed E-state index contributed by atoms with van der Waals surface area (Å²) in [6, 6.07) is 11.2. The summed E-state index contributed by atoms with van der Waals surface area (Å²) in [6.07, 6.45) is 2.08. The summed E-state index contributed by atoms with van der Waals surface area (Å²) in [6.45, 7) is 0. The van der Waals surface area contributed by atoms with Crippen molar-refractivity contribution in [1.29, 1.82) is 0 Å². The van der Waals surface area contributed by atoms with Crippen LogP contribution in [0.15, 0.2) is 42.5 Å². The maximum absolute atomic E-state index is 13.6. The highest BCUT2D eigenvalue weighted by Crippen LogP contribution is 2.46. The van der Waals surface area contributed by atoms with Crippen LogP contribution in [0.2, 0.25) is 5.02 Å². The van der Waals surface area contributed by atoms with E-state index < -0.39 is 17.9 Å². The Morgan fingerprint density at radius 2 is 1.77 bits per heavy atom. The number of aliphatic hydroxyl groups is 1. The third-order valence-electron chi connectivity index (χ3n) is 6.21. The van der Waals surface area contributed by atoms with Gasteiger partial charge in [-0.05, 0) is 67.1 Å². The molecule has 2 aliphatic rings. The van der Waals surface area contributed by atoms with E-state index in [1.165, 1.54) is 7.11 Å². The van der Waals surface area contributed by atoms with Crippen molar-refractivity contribution in [2.45, 2.75) is 49.8 Å². The highest BCUT2D eigenvalue weighted by Gasteiger charge is 2.47. The number of nitrogens with zero attached hydrogens (tertiary/aromatic N) is 1. The molecule has 2 atom stereocenters. The van der Waals surface area contributed by atoms with Gasteiger partial charge in [-0.15, -0.1) is 0 Å². The molecule has 1 saturated carbocycles. The number of amides is 1. The van der Waals surface area contributed by atoms with E-state index in [4.69, 9.17) is 16.3 Å². The second kappa shape index (κ2) is 8.28. The molecule has 1 fully saturated rings. The molecular formula is C23H24ClNO5. The van der Waals surface area contributed by atoms with E-state index in [1.807, 2.05) is 0 Å². The Morgan fingerprint density at radius 1 is 1.10 bits per heavy atom. The number of halogens is 1. The summed E-state index contributed by atoms with van der Waals surface area (Å²) in [5, 5.41) is 20.7. The van der Waals surface area contributed by atoms with Crippen molar-refractivity contribution in [2.75, 3.05) is 7.11 Å². The fourth-order valence-electron chi connectivity index (χ4n) is 4.73. The van der Waals surface area contributed by atoms with Crippen LogP contribution < -0.4 is 4.74 Å². The van der Waals surface area contributed by atoms with Gasteiger partial charge in [0.15, 0.2) is 0 Å². The van der Waals surface area contributed by atoms with Gasteiger partial charge >= 0.3 is 5.97 Å². The van der Waals surface area contributed by atoms with Crippen LogP contribution >= 0.6 is 11.6 Å². The molecule has 2 N–H and O–H groups in total. The maximum atomic E-state index is 13.6. The minimum absolute atomic E-state index is 0.140. The molecule has 4 rings (SSSR count). The minimum atomic E-state index is -1.00.